The number of carbonyl (C=O) groups excluding carboxylic acids is 2. The summed E-state index contributed by atoms with van der Waals surface area (Å²) >= 11 is 13.4. The number of nitrogens with zero attached hydrogens (tertiary/aromatic N) is 1. The average Bonchev–Trinajstić information content (AvgIpc) is 2.90. The first kappa shape index (κ1) is 20.5. The number of benzene rings is 1. The van der Waals surface area contributed by atoms with E-state index in [1.54, 1.807) is 25.1 Å². The molecule has 26 heavy (non-hydrogen) atoms. The summed E-state index contributed by atoms with van der Waals surface area (Å²) in [5, 5.41) is 13.4. The quantitative estimate of drug-likeness (QED) is 0.714. The fourth-order valence-corrected chi connectivity index (χ4v) is 3.76. The van der Waals surface area contributed by atoms with Crippen LogP contribution in [0, 0.1) is 17.2 Å². The summed E-state index contributed by atoms with van der Waals surface area (Å²) in [6.45, 7) is 6.71. The lowest BCUT2D eigenvalue weighted by Gasteiger charge is -2.28. The first-order valence-corrected chi connectivity index (χ1v) is 9.48. The predicted octanol–water partition coefficient (Wildman–Crippen LogP) is 4.81. The van der Waals surface area contributed by atoms with Crippen molar-refractivity contribution < 1.29 is 14.3 Å². The van der Waals surface area contributed by atoms with Crippen LogP contribution in [0.1, 0.15) is 37.4 Å². The van der Waals surface area contributed by atoms with Gasteiger partial charge in [0.05, 0.1) is 11.1 Å². The summed E-state index contributed by atoms with van der Waals surface area (Å²) in [6, 6.07) is 7.20. The van der Waals surface area contributed by atoms with Gasteiger partial charge in [0.1, 0.15) is 10.4 Å². The third-order valence-electron chi connectivity index (χ3n) is 4.20. The Kier molecular flexibility index (Phi) is 6.17. The molecule has 1 aromatic heterocycles. The number of nitriles is 1. The number of hydrogen-bond donors (Lipinski definition) is 1. The molecule has 1 amide bonds. The van der Waals surface area contributed by atoms with Crippen LogP contribution in [0.4, 0.5) is 0 Å². The van der Waals surface area contributed by atoms with Gasteiger partial charge in [0, 0.05) is 15.1 Å². The van der Waals surface area contributed by atoms with E-state index in [-0.39, 0.29) is 15.8 Å². The normalized spacial score (nSPS) is 14.5. The van der Waals surface area contributed by atoms with Gasteiger partial charge in [0.15, 0.2) is 6.10 Å². The molecule has 1 N–H and O–H groups in total. The average molecular weight is 413 g/mol. The van der Waals surface area contributed by atoms with Crippen LogP contribution in [-0.2, 0) is 9.53 Å². The van der Waals surface area contributed by atoms with Gasteiger partial charge < -0.3 is 10.1 Å². The molecule has 0 aliphatic carbocycles. The van der Waals surface area contributed by atoms with Crippen molar-refractivity contribution in [2.45, 2.75) is 39.3 Å². The van der Waals surface area contributed by atoms with Crippen molar-refractivity contribution in [1.29, 1.82) is 5.26 Å². The molecule has 0 aliphatic heterocycles. The molecule has 1 aromatic carbocycles. The first-order chi connectivity index (χ1) is 12.1. The fraction of sp³-hybridized carbons (Fsp3) is 0.389. The Morgan fingerprint density at radius 2 is 1.96 bits per heavy atom. The van der Waals surface area contributed by atoms with E-state index in [1.165, 1.54) is 6.92 Å². The zero-order chi connectivity index (χ0) is 19.6. The van der Waals surface area contributed by atoms with Crippen molar-refractivity contribution in [3.05, 3.63) is 33.1 Å². The minimum Gasteiger partial charge on any atom is -0.448 e. The highest BCUT2D eigenvalue weighted by molar-refractivity contribution is 7.21. The summed E-state index contributed by atoms with van der Waals surface area (Å²) in [6.07, 6.45) is -1.07. The number of esters is 1. The molecule has 0 saturated carbocycles. The van der Waals surface area contributed by atoms with Crippen molar-refractivity contribution in [3.8, 4) is 6.07 Å². The van der Waals surface area contributed by atoms with Crippen molar-refractivity contribution in [2.75, 3.05) is 0 Å². The smallest absolute Gasteiger partial charge is 0.350 e. The zero-order valence-corrected chi connectivity index (χ0v) is 17.1. The van der Waals surface area contributed by atoms with Gasteiger partial charge >= 0.3 is 5.97 Å². The van der Waals surface area contributed by atoms with Crippen LogP contribution in [0.3, 0.4) is 0 Å². The highest BCUT2D eigenvalue weighted by Gasteiger charge is 2.33. The van der Waals surface area contributed by atoms with E-state index < -0.39 is 23.5 Å². The van der Waals surface area contributed by atoms with Crippen LogP contribution in [0.2, 0.25) is 10.0 Å². The molecule has 0 aliphatic rings. The lowest BCUT2D eigenvalue weighted by atomic mass is 9.90. The minimum absolute atomic E-state index is 0.110. The lowest BCUT2D eigenvalue weighted by Crippen LogP contribution is -2.52. The molecule has 2 atom stereocenters. The van der Waals surface area contributed by atoms with E-state index in [1.807, 2.05) is 13.8 Å². The largest absolute Gasteiger partial charge is 0.448 e. The van der Waals surface area contributed by atoms with E-state index in [4.69, 9.17) is 27.9 Å². The van der Waals surface area contributed by atoms with Gasteiger partial charge in [0.2, 0.25) is 0 Å². The number of hydrogen-bond acceptors (Lipinski definition) is 5. The molecule has 0 spiro atoms. The molecule has 0 radical (unpaired) electrons. The Bertz CT molecular complexity index is 904. The Labute approximate surface area is 165 Å². The van der Waals surface area contributed by atoms with Gasteiger partial charge in [0.25, 0.3) is 5.91 Å². The molecular weight excluding hydrogens is 395 g/mol. The maximum Gasteiger partial charge on any atom is 0.350 e. The van der Waals surface area contributed by atoms with E-state index in [0.717, 1.165) is 16.0 Å². The van der Waals surface area contributed by atoms with Gasteiger partial charge in [-0.05, 0) is 31.9 Å². The second-order valence-corrected chi connectivity index (χ2v) is 8.26. The molecule has 2 rings (SSSR count). The molecule has 5 nitrogen and oxygen atoms in total. The highest BCUT2D eigenvalue weighted by atomic mass is 35.5. The van der Waals surface area contributed by atoms with Crippen LogP contribution >= 0.6 is 34.5 Å². The first-order valence-electron chi connectivity index (χ1n) is 7.91. The van der Waals surface area contributed by atoms with Crippen molar-refractivity contribution in [3.63, 3.8) is 0 Å². The molecular formula is C18H18Cl2N2O3S. The maximum absolute atomic E-state index is 12.4. The van der Waals surface area contributed by atoms with E-state index in [0.29, 0.717) is 10.4 Å². The van der Waals surface area contributed by atoms with E-state index in [9.17, 15) is 14.9 Å². The number of thiophene rings is 1. The van der Waals surface area contributed by atoms with Gasteiger partial charge in [-0.15, -0.1) is 11.3 Å². The summed E-state index contributed by atoms with van der Waals surface area (Å²) in [5.74, 6) is -1.35. The number of fused-ring (bicyclic) bond motifs is 1. The summed E-state index contributed by atoms with van der Waals surface area (Å²) in [7, 11) is 0. The van der Waals surface area contributed by atoms with E-state index in [2.05, 4.69) is 11.4 Å². The fourth-order valence-electron chi connectivity index (χ4n) is 2.10. The van der Waals surface area contributed by atoms with Crippen molar-refractivity contribution >= 4 is 56.5 Å². The number of nitrogens with one attached hydrogen (secondary N) is 1. The Morgan fingerprint density at radius 1 is 1.31 bits per heavy atom. The number of carbonyl (C=O) groups is 2. The Morgan fingerprint density at radius 3 is 2.54 bits per heavy atom. The second kappa shape index (κ2) is 7.83. The number of ether oxygens (including phenoxy) is 1. The predicted molar refractivity (Wildman–Crippen MR) is 104 cm³/mol. The van der Waals surface area contributed by atoms with Gasteiger partial charge in [-0.2, -0.15) is 5.26 Å². The van der Waals surface area contributed by atoms with Crippen LogP contribution < -0.4 is 5.32 Å². The van der Waals surface area contributed by atoms with Crippen LogP contribution in [0.5, 0.6) is 0 Å². The highest BCUT2D eigenvalue weighted by Crippen LogP contribution is 2.37. The van der Waals surface area contributed by atoms with Crippen LogP contribution in [0.25, 0.3) is 10.1 Å². The molecule has 0 unspecified atom stereocenters. The van der Waals surface area contributed by atoms with Gasteiger partial charge in [-0.3, -0.25) is 4.79 Å². The van der Waals surface area contributed by atoms with Crippen LogP contribution in [-0.4, -0.2) is 23.5 Å². The SMILES string of the molecule is CC(C)[C@@](C)(C#N)NC(=O)[C@H](C)OC(=O)c1sc2cc(Cl)ccc2c1Cl. The Balaban J connectivity index is 2.16. The number of amides is 1. The summed E-state index contributed by atoms with van der Waals surface area (Å²) in [4.78, 5) is 24.9. The Hall–Kier alpha value is -1.81. The molecule has 0 bridgehead atoms. The standard InChI is InChI=1S/C18H18Cl2N2O3S/c1-9(2)18(4,8-21)22-16(23)10(3)25-17(24)15-14(20)12-6-5-11(19)7-13(12)26-15/h5-7,9-10H,1-4H3,(H,22,23)/t10-,18+/m0/s1. The lowest BCUT2D eigenvalue weighted by molar-refractivity contribution is -0.130. The molecule has 8 heteroatoms. The minimum atomic E-state index is -1.07. The molecule has 0 fully saturated rings. The van der Waals surface area contributed by atoms with Crippen molar-refractivity contribution in [2.24, 2.45) is 5.92 Å². The number of rotatable bonds is 5. The summed E-state index contributed by atoms with van der Waals surface area (Å²) < 4.78 is 5.99. The third kappa shape index (κ3) is 4.12. The molecule has 1 heterocycles. The van der Waals surface area contributed by atoms with Crippen LogP contribution in [0.15, 0.2) is 18.2 Å². The van der Waals surface area contributed by atoms with Crippen molar-refractivity contribution in [1.82, 2.24) is 5.32 Å². The monoisotopic (exact) mass is 412 g/mol. The number of halogens is 2. The van der Waals surface area contributed by atoms with Gasteiger partial charge in [-0.1, -0.05) is 43.1 Å². The van der Waals surface area contributed by atoms with E-state index >= 15 is 0 Å². The molecule has 0 saturated heterocycles. The molecule has 138 valence electrons. The zero-order valence-electron chi connectivity index (χ0n) is 14.7. The third-order valence-corrected chi connectivity index (χ3v) is 6.07. The maximum atomic E-state index is 12.4. The topological polar surface area (TPSA) is 79.2 Å². The summed E-state index contributed by atoms with van der Waals surface area (Å²) in [5.41, 5.74) is -1.05. The second-order valence-electron chi connectivity index (χ2n) is 6.39. The van der Waals surface area contributed by atoms with Gasteiger partial charge in [-0.25, -0.2) is 4.79 Å². The molecule has 2 aromatic rings.